The van der Waals surface area contributed by atoms with Crippen molar-refractivity contribution in [2.75, 3.05) is 65.6 Å². The fourth-order valence-electron chi connectivity index (χ4n) is 4.35. The zero-order valence-corrected chi connectivity index (χ0v) is 26.9. The van der Waals surface area contributed by atoms with E-state index in [1.807, 2.05) is 11.8 Å². The second-order valence-corrected chi connectivity index (χ2v) is 13.0. The highest BCUT2D eigenvalue weighted by Crippen LogP contribution is 2.14. The summed E-state index contributed by atoms with van der Waals surface area (Å²) in [6.45, 7) is 6.25. The first kappa shape index (κ1) is 36.1. The van der Waals surface area contributed by atoms with Gasteiger partial charge in [0, 0.05) is 30.5 Å². The predicted molar refractivity (Wildman–Crippen MR) is 168 cm³/mol. The number of thioether (sulfide) groups is 1. The Kier molecular flexibility index (Phi) is 24.1. The van der Waals surface area contributed by atoms with Crippen LogP contribution in [0.4, 0.5) is 0 Å². The van der Waals surface area contributed by atoms with Crippen molar-refractivity contribution in [2.24, 2.45) is 0 Å². The molecule has 1 rings (SSSR count). The van der Waals surface area contributed by atoms with E-state index in [4.69, 9.17) is 14.2 Å². The molecule has 0 saturated carbocycles. The molecule has 0 amide bonds. The van der Waals surface area contributed by atoms with Crippen LogP contribution in [0.5, 0.6) is 6.01 Å². The van der Waals surface area contributed by atoms with Crippen LogP contribution in [-0.4, -0.2) is 86.2 Å². The van der Waals surface area contributed by atoms with Gasteiger partial charge < -0.3 is 18.7 Å². The maximum atomic E-state index is 6.01. The normalized spacial score (nSPS) is 12.6. The van der Waals surface area contributed by atoms with Gasteiger partial charge in [-0.2, -0.15) is 11.8 Å². The standard InChI is InChI=1S/C32H62N3O3S/c1-5-6-7-8-9-10-11-12-13-14-15-16-17-18-19-20-25-37-29-31(38-32-33-22-21-23-34-32)30-39-28-27-36-26-24-35(2,3)4/h21-23,31H,5-20,24-30H2,1-4H3/q+1. The van der Waals surface area contributed by atoms with E-state index < -0.39 is 0 Å². The summed E-state index contributed by atoms with van der Waals surface area (Å²) >= 11 is 1.84. The molecule has 1 aromatic heterocycles. The van der Waals surface area contributed by atoms with E-state index in [1.54, 1.807) is 18.5 Å². The first-order valence-electron chi connectivity index (χ1n) is 16.0. The monoisotopic (exact) mass is 568 g/mol. The van der Waals surface area contributed by atoms with Gasteiger partial charge in [-0.3, -0.25) is 0 Å². The molecule has 0 aliphatic carbocycles. The highest BCUT2D eigenvalue weighted by molar-refractivity contribution is 7.99. The topological polar surface area (TPSA) is 53.5 Å². The van der Waals surface area contributed by atoms with Crippen LogP contribution in [-0.2, 0) is 9.47 Å². The molecule has 0 aliphatic heterocycles. The number of quaternary nitrogens is 1. The van der Waals surface area contributed by atoms with Gasteiger partial charge in [0.1, 0.15) is 12.6 Å². The Hall–Kier alpha value is -0.890. The Labute approximate surface area is 246 Å². The van der Waals surface area contributed by atoms with Gasteiger partial charge in [-0.05, 0) is 12.5 Å². The Morgan fingerprint density at radius 1 is 0.692 bits per heavy atom. The Morgan fingerprint density at radius 2 is 1.23 bits per heavy atom. The molecule has 0 saturated heterocycles. The minimum Gasteiger partial charge on any atom is -0.457 e. The third-order valence-corrected chi connectivity index (χ3v) is 7.91. The first-order valence-corrected chi connectivity index (χ1v) is 17.1. The van der Waals surface area contributed by atoms with Crippen LogP contribution in [0.1, 0.15) is 110 Å². The van der Waals surface area contributed by atoms with Gasteiger partial charge in [-0.1, -0.05) is 103 Å². The molecule has 0 radical (unpaired) electrons. The lowest BCUT2D eigenvalue weighted by Crippen LogP contribution is -2.37. The van der Waals surface area contributed by atoms with Crippen LogP contribution < -0.4 is 4.74 Å². The predicted octanol–water partition coefficient (Wildman–Crippen LogP) is 7.96. The van der Waals surface area contributed by atoms with E-state index in [2.05, 4.69) is 38.0 Å². The molecule has 228 valence electrons. The van der Waals surface area contributed by atoms with E-state index in [1.165, 1.54) is 96.3 Å². The van der Waals surface area contributed by atoms with Crippen molar-refractivity contribution in [3.05, 3.63) is 18.5 Å². The molecule has 6 nitrogen and oxygen atoms in total. The smallest absolute Gasteiger partial charge is 0.316 e. The lowest BCUT2D eigenvalue weighted by molar-refractivity contribution is -0.870. The largest absolute Gasteiger partial charge is 0.457 e. The molecule has 0 spiro atoms. The lowest BCUT2D eigenvalue weighted by atomic mass is 10.0. The highest BCUT2D eigenvalue weighted by atomic mass is 32.2. The summed E-state index contributed by atoms with van der Waals surface area (Å²) in [5, 5.41) is 0. The van der Waals surface area contributed by atoms with Crippen molar-refractivity contribution in [1.29, 1.82) is 0 Å². The molecule has 0 fully saturated rings. The number of rotatable bonds is 29. The summed E-state index contributed by atoms with van der Waals surface area (Å²) in [7, 11) is 6.56. The van der Waals surface area contributed by atoms with Crippen LogP contribution in [0.2, 0.25) is 0 Å². The van der Waals surface area contributed by atoms with Crippen molar-refractivity contribution < 1.29 is 18.7 Å². The number of aromatic nitrogens is 2. The number of likely N-dealkylation sites (N-methyl/N-ethyl adjacent to an activating group) is 1. The molecule has 1 atom stereocenters. The molecule has 0 aromatic carbocycles. The maximum Gasteiger partial charge on any atom is 0.316 e. The summed E-state index contributed by atoms with van der Waals surface area (Å²) in [5.41, 5.74) is 0. The summed E-state index contributed by atoms with van der Waals surface area (Å²) < 4.78 is 18.7. The Bertz CT molecular complexity index is 631. The van der Waals surface area contributed by atoms with Gasteiger partial charge in [0.25, 0.3) is 0 Å². The average Bonchev–Trinajstić information content (AvgIpc) is 2.91. The van der Waals surface area contributed by atoms with Crippen molar-refractivity contribution in [3.63, 3.8) is 0 Å². The van der Waals surface area contributed by atoms with Crippen LogP contribution in [0.3, 0.4) is 0 Å². The van der Waals surface area contributed by atoms with Crippen LogP contribution >= 0.6 is 11.8 Å². The molecule has 0 aliphatic rings. The molecule has 1 aromatic rings. The van der Waals surface area contributed by atoms with Gasteiger partial charge in [0.2, 0.25) is 0 Å². The van der Waals surface area contributed by atoms with Gasteiger partial charge in [-0.15, -0.1) is 0 Å². The highest BCUT2D eigenvalue weighted by Gasteiger charge is 2.13. The fourth-order valence-corrected chi connectivity index (χ4v) is 5.18. The minimum atomic E-state index is -0.0512. The number of hydrogen-bond donors (Lipinski definition) is 0. The Balaban J connectivity index is 2.00. The van der Waals surface area contributed by atoms with Gasteiger partial charge in [-0.25, -0.2) is 9.97 Å². The fraction of sp³-hybridized carbons (Fsp3) is 0.875. The summed E-state index contributed by atoms with van der Waals surface area (Å²) in [4.78, 5) is 8.43. The second-order valence-electron chi connectivity index (χ2n) is 11.9. The number of nitrogens with zero attached hydrogens (tertiary/aromatic N) is 3. The average molecular weight is 569 g/mol. The maximum absolute atomic E-state index is 6.01. The van der Waals surface area contributed by atoms with Crippen molar-refractivity contribution in [1.82, 2.24) is 9.97 Å². The quantitative estimate of drug-likeness (QED) is 0.0722. The first-order chi connectivity index (χ1) is 19.0. The van der Waals surface area contributed by atoms with Gasteiger partial charge in [0.05, 0.1) is 41.0 Å². The third kappa shape index (κ3) is 25.8. The van der Waals surface area contributed by atoms with Gasteiger partial charge >= 0.3 is 6.01 Å². The van der Waals surface area contributed by atoms with Crippen molar-refractivity contribution in [2.45, 2.75) is 116 Å². The van der Waals surface area contributed by atoms with E-state index in [9.17, 15) is 0 Å². The number of unbranched alkanes of at least 4 members (excludes halogenated alkanes) is 15. The second kappa shape index (κ2) is 26.0. The Morgan fingerprint density at radius 3 is 1.77 bits per heavy atom. The molecule has 39 heavy (non-hydrogen) atoms. The van der Waals surface area contributed by atoms with Crippen molar-refractivity contribution in [3.8, 4) is 6.01 Å². The minimum absolute atomic E-state index is 0.0512. The van der Waals surface area contributed by atoms with Crippen LogP contribution in [0.25, 0.3) is 0 Å². The summed E-state index contributed by atoms with van der Waals surface area (Å²) in [5.74, 6) is 1.79. The lowest BCUT2D eigenvalue weighted by Gasteiger charge is -2.23. The number of hydrogen-bond acceptors (Lipinski definition) is 6. The molecule has 1 unspecified atom stereocenters. The van der Waals surface area contributed by atoms with E-state index >= 15 is 0 Å². The summed E-state index contributed by atoms with van der Waals surface area (Å²) in [6.07, 6.45) is 25.5. The zero-order valence-electron chi connectivity index (χ0n) is 26.0. The van der Waals surface area contributed by atoms with E-state index in [0.29, 0.717) is 12.6 Å². The third-order valence-electron chi connectivity index (χ3n) is 6.84. The molecule has 0 bridgehead atoms. The zero-order chi connectivity index (χ0) is 28.3. The molecule has 1 heterocycles. The number of ether oxygens (including phenoxy) is 3. The van der Waals surface area contributed by atoms with E-state index in [0.717, 1.165) is 48.8 Å². The molecular weight excluding hydrogens is 506 g/mol. The molecular formula is C32H62N3O3S+. The van der Waals surface area contributed by atoms with Gasteiger partial charge in [0.15, 0.2) is 0 Å². The van der Waals surface area contributed by atoms with Crippen LogP contribution in [0, 0.1) is 0 Å². The molecule has 7 heteroatoms. The SMILES string of the molecule is CCCCCCCCCCCCCCCCCCOCC(CSCCOCC[N+](C)(C)C)Oc1ncccn1. The van der Waals surface area contributed by atoms with Crippen molar-refractivity contribution >= 4 is 11.8 Å². The summed E-state index contributed by atoms with van der Waals surface area (Å²) in [6, 6.07) is 2.23. The van der Waals surface area contributed by atoms with E-state index in [-0.39, 0.29) is 6.10 Å². The molecule has 0 N–H and O–H groups in total. The van der Waals surface area contributed by atoms with Crippen LogP contribution in [0.15, 0.2) is 18.5 Å².